The van der Waals surface area contributed by atoms with Crippen molar-refractivity contribution in [2.75, 3.05) is 77.2 Å². The van der Waals surface area contributed by atoms with Gasteiger partial charge < -0.3 is 52.2 Å². The summed E-state index contributed by atoms with van der Waals surface area (Å²) < 4.78 is 75.6. The summed E-state index contributed by atoms with van der Waals surface area (Å²) in [6.07, 6.45) is 6.97. The van der Waals surface area contributed by atoms with E-state index in [1.807, 2.05) is 6.92 Å². The zero-order valence-electron chi connectivity index (χ0n) is 46.3. The average molecular weight is 1110 g/mol. The fourth-order valence-electron chi connectivity index (χ4n) is 8.95. The third kappa shape index (κ3) is 23.1. The molecule has 0 saturated heterocycles. The summed E-state index contributed by atoms with van der Waals surface area (Å²) in [4.78, 5) is 10.3. The molecule has 0 aliphatic heterocycles. The highest BCUT2D eigenvalue weighted by atomic mass is 28.5. The summed E-state index contributed by atoms with van der Waals surface area (Å²) >= 11 is 0. The lowest BCUT2D eigenvalue weighted by Gasteiger charge is -2.45. The lowest BCUT2D eigenvalue weighted by molar-refractivity contribution is -0.291. The largest absolute Gasteiger partial charge is 0.500 e. The Morgan fingerprint density at radius 1 is 0.313 bits per heavy atom. The molecule has 0 spiro atoms. The maximum Gasteiger partial charge on any atom is 0.500 e. The van der Waals surface area contributed by atoms with Crippen molar-refractivity contribution in [1.29, 1.82) is 0 Å². The van der Waals surface area contributed by atoms with Crippen LogP contribution in [-0.4, -0.2) is 154 Å². The summed E-state index contributed by atoms with van der Waals surface area (Å²) in [6, 6.07) is 17.7. The predicted octanol–water partition coefficient (Wildman–Crippen LogP) is 10.5. The minimum Gasteiger partial charge on any atom is -0.417 e. The van der Waals surface area contributed by atoms with Crippen LogP contribution in [0.25, 0.3) is 0 Å². The van der Waals surface area contributed by atoms with Crippen LogP contribution in [0.3, 0.4) is 0 Å². The third-order valence-corrected chi connectivity index (χ3v) is 44.8. The van der Waals surface area contributed by atoms with E-state index in [4.69, 9.17) is 62.0 Å². The topological polar surface area (TPSA) is 129 Å². The summed E-state index contributed by atoms with van der Waals surface area (Å²) in [7, 11) is -7.27. The van der Waals surface area contributed by atoms with Crippen LogP contribution in [0, 0.1) is 0 Å². The third-order valence-electron chi connectivity index (χ3n) is 13.3. The van der Waals surface area contributed by atoms with Gasteiger partial charge in [-0.05, 0) is 90.0 Å². The van der Waals surface area contributed by atoms with E-state index >= 15 is 0 Å². The van der Waals surface area contributed by atoms with Gasteiger partial charge in [-0.1, -0.05) is 92.2 Å². The predicted molar refractivity (Wildman–Crippen MR) is 296 cm³/mol. The van der Waals surface area contributed by atoms with Gasteiger partial charge in [0.25, 0.3) is 0 Å². The molecule has 67 heavy (non-hydrogen) atoms. The van der Waals surface area contributed by atoms with E-state index in [2.05, 4.69) is 89.7 Å². The van der Waals surface area contributed by atoms with Crippen molar-refractivity contribution in [2.24, 2.45) is 0 Å². The van der Waals surface area contributed by atoms with Crippen molar-refractivity contribution in [3.8, 4) is 0 Å². The Morgan fingerprint density at radius 2 is 0.597 bits per heavy atom. The van der Waals surface area contributed by atoms with Crippen molar-refractivity contribution < 1.29 is 62.0 Å². The summed E-state index contributed by atoms with van der Waals surface area (Å²) in [6.45, 7) is 27.2. The Labute approximate surface area is 419 Å². The molecule has 0 aromatic heterocycles. The molecular weight excluding hydrogens is 1010 g/mol. The second-order valence-corrected chi connectivity index (χ2v) is 56.3. The molecule has 1 aromatic carbocycles. The van der Waals surface area contributed by atoms with Crippen molar-refractivity contribution in [2.45, 2.75) is 172 Å². The molecule has 0 atom stereocenters. The fourth-order valence-corrected chi connectivity index (χ4v) is 38.3. The van der Waals surface area contributed by atoms with Crippen LogP contribution in [0.2, 0.25) is 120 Å². The highest BCUT2D eigenvalue weighted by Crippen LogP contribution is 2.37. The summed E-state index contributed by atoms with van der Waals surface area (Å²) in [5, 5.41) is 3.03. The SMILES string of the molecule is CCOOCCCCC[Si](C)(C)c1ccc([Si](C)(C)CCC[Si](O[Si](C)(C)CCC[Si](OC)(OC)OC)(O[Si](C)(C)CCC[Si](OC)(OC)OC)O[Si](C)(C)CCC[Si](OC)(OC)OC)cc1. The van der Waals surface area contributed by atoms with E-state index in [-0.39, 0.29) is 0 Å². The number of hydrogen-bond donors (Lipinski definition) is 0. The fraction of sp³-hybridized carbons (Fsp3) is 0.864. The summed E-state index contributed by atoms with van der Waals surface area (Å²) in [5.41, 5.74) is 0. The number of benzene rings is 1. The normalized spacial score (nSPS) is 14.1. The van der Waals surface area contributed by atoms with E-state index in [0.717, 1.165) is 68.7 Å². The van der Waals surface area contributed by atoms with E-state index in [1.54, 1.807) is 64.0 Å². The number of unbranched alkanes of at least 4 members (excludes halogenated alkanes) is 2. The van der Waals surface area contributed by atoms with Crippen molar-refractivity contribution in [3.05, 3.63) is 24.3 Å². The second-order valence-electron chi connectivity index (χ2n) is 21.0. The van der Waals surface area contributed by atoms with E-state index in [1.165, 1.54) is 22.8 Å². The van der Waals surface area contributed by atoms with Crippen LogP contribution in [0.15, 0.2) is 24.3 Å². The van der Waals surface area contributed by atoms with Gasteiger partial charge in [0.2, 0.25) is 0 Å². The van der Waals surface area contributed by atoms with Crippen LogP contribution in [-0.2, 0) is 62.0 Å². The Bertz CT molecular complexity index is 1340. The standard InChI is InChI=1S/C44H100O14Si9/c1-21-54-55-33-23-22-24-34-59(11,12)43-29-31-44(32-30-43)60(13,14)35-25-42-67(56-61(15,16)36-26-39-64(45-2,46-3)47-4,57-62(17,18)37-27-40-65(48-5,49-6)50-7)58-63(19,20)38-28-41-66(51-8,52-9)53-10/h29-32H,21-28,33-42H2,1-20H3. The first kappa shape index (κ1) is 65.6. The first-order chi connectivity index (χ1) is 31.3. The van der Waals surface area contributed by atoms with Gasteiger partial charge in [0.1, 0.15) is 0 Å². The van der Waals surface area contributed by atoms with Crippen molar-refractivity contribution in [3.63, 3.8) is 0 Å². The highest BCUT2D eigenvalue weighted by Gasteiger charge is 2.53. The monoisotopic (exact) mass is 1100 g/mol. The van der Waals surface area contributed by atoms with Gasteiger partial charge in [-0.2, -0.15) is 0 Å². The van der Waals surface area contributed by atoms with Gasteiger partial charge in [-0.15, -0.1) is 0 Å². The van der Waals surface area contributed by atoms with Crippen LogP contribution >= 0.6 is 0 Å². The van der Waals surface area contributed by atoms with Crippen LogP contribution in [0.5, 0.6) is 0 Å². The average Bonchev–Trinajstić information content (AvgIpc) is 3.27. The molecule has 0 amide bonds. The van der Waals surface area contributed by atoms with Crippen LogP contribution < -0.4 is 10.4 Å². The van der Waals surface area contributed by atoms with Gasteiger partial charge in [-0.25, -0.2) is 9.78 Å². The molecule has 0 aliphatic carbocycles. The molecule has 14 nitrogen and oxygen atoms in total. The zero-order chi connectivity index (χ0) is 51.1. The van der Waals surface area contributed by atoms with Crippen LogP contribution in [0.1, 0.15) is 51.9 Å². The minimum atomic E-state index is -3.37. The molecule has 23 heteroatoms. The molecule has 1 aromatic rings. The molecule has 0 unspecified atom stereocenters. The lowest BCUT2D eigenvalue weighted by Crippen LogP contribution is -2.62. The molecule has 0 radical (unpaired) electrons. The molecule has 0 aliphatic rings. The van der Waals surface area contributed by atoms with Gasteiger partial charge >= 0.3 is 35.2 Å². The van der Waals surface area contributed by atoms with E-state index in [0.29, 0.717) is 31.3 Å². The maximum absolute atomic E-state index is 7.74. The smallest absolute Gasteiger partial charge is 0.417 e. The highest BCUT2D eigenvalue weighted by molar-refractivity contribution is 6.92. The molecule has 0 saturated carbocycles. The molecule has 0 bridgehead atoms. The summed E-state index contributed by atoms with van der Waals surface area (Å²) in [5.74, 6) is 0. The number of rotatable bonds is 41. The van der Waals surface area contributed by atoms with Crippen molar-refractivity contribution in [1.82, 2.24) is 0 Å². The van der Waals surface area contributed by atoms with Gasteiger partial charge in [0.05, 0.1) is 29.4 Å². The van der Waals surface area contributed by atoms with Gasteiger partial charge in [0.15, 0.2) is 25.0 Å². The number of hydrogen-bond acceptors (Lipinski definition) is 14. The molecule has 0 heterocycles. The second kappa shape index (κ2) is 30.7. The van der Waals surface area contributed by atoms with Gasteiger partial charge in [-0.3, -0.25) is 0 Å². The van der Waals surface area contributed by atoms with Crippen LogP contribution in [0.4, 0.5) is 0 Å². The van der Waals surface area contributed by atoms with Gasteiger partial charge in [0, 0.05) is 88.2 Å². The van der Waals surface area contributed by atoms with E-state index < -0.39 is 76.3 Å². The molecule has 1 rings (SSSR count). The van der Waals surface area contributed by atoms with Crippen molar-refractivity contribution >= 4 is 86.7 Å². The quantitative estimate of drug-likeness (QED) is 0.0267. The van der Waals surface area contributed by atoms with E-state index in [9.17, 15) is 0 Å². The molecular formula is C44H100O14Si9. The lowest BCUT2D eigenvalue weighted by atomic mass is 10.3. The Kier molecular flexibility index (Phi) is 30.1. The first-order valence-electron chi connectivity index (χ1n) is 24.7. The Hall–Kier alpha value is 0.612. The Balaban J connectivity index is 3.64. The minimum absolute atomic E-state index is 0.588. The maximum atomic E-state index is 7.74. The zero-order valence-corrected chi connectivity index (χ0v) is 55.3. The molecule has 396 valence electrons. The molecule has 0 N–H and O–H groups in total. The first-order valence-corrected chi connectivity index (χ1v) is 48.2. The Morgan fingerprint density at radius 3 is 0.896 bits per heavy atom. The molecule has 0 fully saturated rings.